The summed E-state index contributed by atoms with van der Waals surface area (Å²) in [5.41, 5.74) is 6.43. The van der Waals surface area contributed by atoms with Gasteiger partial charge >= 0.3 is 0 Å². The van der Waals surface area contributed by atoms with E-state index in [-0.39, 0.29) is 23.8 Å². The molecule has 4 atom stereocenters. The average Bonchev–Trinajstić information content (AvgIpc) is 3.24. The van der Waals surface area contributed by atoms with Gasteiger partial charge in [-0.3, -0.25) is 14.4 Å². The Morgan fingerprint density at radius 3 is 2.80 bits per heavy atom. The molecule has 0 bridgehead atoms. The summed E-state index contributed by atoms with van der Waals surface area (Å²) in [7, 11) is 0. The summed E-state index contributed by atoms with van der Waals surface area (Å²) < 4.78 is 4.98. The van der Waals surface area contributed by atoms with E-state index in [1.807, 2.05) is 0 Å². The Bertz CT molecular complexity index is 643. The van der Waals surface area contributed by atoms with Crippen molar-refractivity contribution in [2.45, 2.75) is 63.3 Å². The molecule has 1 aromatic rings. The lowest BCUT2D eigenvalue weighted by Gasteiger charge is -2.38. The second-order valence-corrected chi connectivity index (χ2v) is 6.77. The van der Waals surface area contributed by atoms with Gasteiger partial charge in [0, 0.05) is 18.2 Å². The number of carbonyl (C=O) groups excluding carboxylic acids is 3. The second kappa shape index (κ2) is 7.26. The molecule has 0 saturated carbocycles. The van der Waals surface area contributed by atoms with Gasteiger partial charge in [0.1, 0.15) is 12.1 Å². The van der Waals surface area contributed by atoms with Crippen molar-refractivity contribution < 1.29 is 18.8 Å². The van der Waals surface area contributed by atoms with Crippen LogP contribution in [0.25, 0.3) is 0 Å². The Hall–Kier alpha value is -2.35. The van der Waals surface area contributed by atoms with E-state index in [0.717, 1.165) is 18.4 Å². The van der Waals surface area contributed by atoms with Gasteiger partial charge in [-0.25, -0.2) is 0 Å². The van der Waals surface area contributed by atoms with Crippen LogP contribution in [0.3, 0.4) is 0 Å². The van der Waals surface area contributed by atoms with E-state index in [1.54, 1.807) is 30.4 Å². The first-order valence-corrected chi connectivity index (χ1v) is 8.64. The molecule has 1 unspecified atom stereocenters. The Kier molecular flexibility index (Phi) is 5.08. The summed E-state index contributed by atoms with van der Waals surface area (Å²) >= 11 is 0. The van der Waals surface area contributed by atoms with Crippen LogP contribution in [0.1, 0.15) is 38.2 Å². The molecule has 136 valence electrons. The van der Waals surface area contributed by atoms with Gasteiger partial charge in [0.2, 0.25) is 17.7 Å². The summed E-state index contributed by atoms with van der Waals surface area (Å²) in [6, 6.07) is 0.0961. The topological polar surface area (TPSA) is 118 Å². The molecule has 2 aliphatic rings. The SMILES string of the molecule is C[C@H](N)C(=O)N[C@H]1CCC2CC[C@@H](C(=O)NCc3ccoc3)N2C1=O. The molecule has 0 aliphatic carbocycles. The van der Waals surface area contributed by atoms with Crippen molar-refractivity contribution in [3.8, 4) is 0 Å². The maximum absolute atomic E-state index is 12.8. The highest BCUT2D eigenvalue weighted by Gasteiger charge is 2.46. The van der Waals surface area contributed by atoms with Crippen LogP contribution in [-0.4, -0.2) is 46.8 Å². The van der Waals surface area contributed by atoms with Crippen LogP contribution in [0.2, 0.25) is 0 Å². The largest absolute Gasteiger partial charge is 0.472 e. The third-order valence-corrected chi connectivity index (χ3v) is 4.92. The molecule has 25 heavy (non-hydrogen) atoms. The lowest BCUT2D eigenvalue weighted by molar-refractivity contribution is -0.146. The van der Waals surface area contributed by atoms with E-state index in [0.29, 0.717) is 19.4 Å². The number of piperidine rings is 1. The van der Waals surface area contributed by atoms with Gasteiger partial charge in [-0.15, -0.1) is 0 Å². The minimum Gasteiger partial charge on any atom is -0.472 e. The number of hydrogen-bond donors (Lipinski definition) is 3. The Balaban J connectivity index is 1.63. The number of nitrogens with two attached hydrogens (primary N) is 1. The molecule has 4 N–H and O–H groups in total. The third kappa shape index (κ3) is 3.68. The zero-order valence-corrected chi connectivity index (χ0v) is 14.2. The maximum Gasteiger partial charge on any atom is 0.246 e. The highest BCUT2D eigenvalue weighted by atomic mass is 16.3. The average molecular weight is 348 g/mol. The van der Waals surface area contributed by atoms with Crippen molar-refractivity contribution in [2.24, 2.45) is 5.73 Å². The number of nitrogens with one attached hydrogen (secondary N) is 2. The van der Waals surface area contributed by atoms with Gasteiger partial charge in [0.25, 0.3) is 0 Å². The molecule has 0 radical (unpaired) electrons. The van der Waals surface area contributed by atoms with Crippen LogP contribution in [0, 0.1) is 0 Å². The summed E-state index contributed by atoms with van der Waals surface area (Å²) in [6.07, 6.45) is 5.93. The van der Waals surface area contributed by atoms with Crippen molar-refractivity contribution in [3.63, 3.8) is 0 Å². The van der Waals surface area contributed by atoms with Crippen LogP contribution in [0.5, 0.6) is 0 Å². The van der Waals surface area contributed by atoms with Crippen LogP contribution < -0.4 is 16.4 Å². The van der Waals surface area contributed by atoms with Gasteiger partial charge in [0.15, 0.2) is 0 Å². The molecule has 3 amide bonds. The number of amides is 3. The molecule has 8 nitrogen and oxygen atoms in total. The summed E-state index contributed by atoms with van der Waals surface area (Å²) in [5, 5.41) is 5.55. The normalized spacial score (nSPS) is 26.9. The Morgan fingerprint density at radius 2 is 2.12 bits per heavy atom. The maximum atomic E-state index is 12.8. The summed E-state index contributed by atoms with van der Waals surface area (Å²) in [5.74, 6) is -0.709. The number of rotatable bonds is 5. The molecule has 2 saturated heterocycles. The highest BCUT2D eigenvalue weighted by molar-refractivity contribution is 5.94. The summed E-state index contributed by atoms with van der Waals surface area (Å²) in [6.45, 7) is 1.94. The summed E-state index contributed by atoms with van der Waals surface area (Å²) in [4.78, 5) is 38.8. The van der Waals surface area contributed by atoms with Gasteiger partial charge in [-0.1, -0.05) is 0 Å². The number of nitrogens with zero attached hydrogens (tertiary/aromatic N) is 1. The molecule has 3 heterocycles. The number of hydrogen-bond acceptors (Lipinski definition) is 5. The van der Waals surface area contributed by atoms with Crippen LogP contribution in [-0.2, 0) is 20.9 Å². The van der Waals surface area contributed by atoms with Crippen molar-refractivity contribution in [1.82, 2.24) is 15.5 Å². The number of carbonyl (C=O) groups is 3. The fraction of sp³-hybridized carbons (Fsp3) is 0.588. The van der Waals surface area contributed by atoms with E-state index < -0.39 is 18.1 Å². The lowest BCUT2D eigenvalue weighted by atomic mass is 9.97. The van der Waals surface area contributed by atoms with E-state index >= 15 is 0 Å². The highest BCUT2D eigenvalue weighted by Crippen LogP contribution is 2.32. The predicted molar refractivity (Wildman–Crippen MR) is 89.0 cm³/mol. The predicted octanol–water partition coefficient (Wildman–Crippen LogP) is -0.119. The van der Waals surface area contributed by atoms with Gasteiger partial charge in [0.05, 0.1) is 18.6 Å². The van der Waals surface area contributed by atoms with E-state index in [9.17, 15) is 14.4 Å². The molecule has 1 aromatic heterocycles. The molecule has 8 heteroatoms. The van der Waals surface area contributed by atoms with Crippen LogP contribution in [0.15, 0.2) is 23.0 Å². The lowest BCUT2D eigenvalue weighted by Crippen LogP contribution is -2.59. The molecule has 0 aromatic carbocycles. The minimum absolute atomic E-state index is 0.0700. The number of furan rings is 1. The van der Waals surface area contributed by atoms with Gasteiger partial charge < -0.3 is 25.7 Å². The third-order valence-electron chi connectivity index (χ3n) is 4.92. The second-order valence-electron chi connectivity index (χ2n) is 6.77. The fourth-order valence-electron chi connectivity index (χ4n) is 3.56. The molecule has 2 fully saturated rings. The molecular weight excluding hydrogens is 324 g/mol. The number of fused-ring (bicyclic) bond motifs is 1. The molecule has 2 aliphatic heterocycles. The molecular formula is C17H24N4O4. The Morgan fingerprint density at radius 1 is 1.36 bits per heavy atom. The molecule has 3 rings (SSSR count). The minimum atomic E-state index is -0.668. The smallest absolute Gasteiger partial charge is 0.246 e. The standard InChI is InChI=1S/C17H24N4O4/c1-10(18)15(22)20-13-4-2-12-3-5-14(21(12)17(13)24)16(23)19-8-11-6-7-25-9-11/h6-7,9-10,12-14H,2-5,8,18H2,1H3,(H,19,23)(H,20,22)/t10-,12?,13-,14-/m0/s1. The zero-order valence-electron chi connectivity index (χ0n) is 14.2. The van der Waals surface area contributed by atoms with E-state index in [1.165, 1.54) is 0 Å². The first-order valence-electron chi connectivity index (χ1n) is 8.64. The van der Waals surface area contributed by atoms with Crippen molar-refractivity contribution in [2.75, 3.05) is 0 Å². The van der Waals surface area contributed by atoms with Crippen molar-refractivity contribution in [1.29, 1.82) is 0 Å². The van der Waals surface area contributed by atoms with E-state index in [2.05, 4.69) is 10.6 Å². The Labute approximate surface area is 146 Å². The van der Waals surface area contributed by atoms with Gasteiger partial charge in [-0.05, 0) is 38.7 Å². The van der Waals surface area contributed by atoms with E-state index in [4.69, 9.17) is 10.2 Å². The van der Waals surface area contributed by atoms with Crippen molar-refractivity contribution >= 4 is 17.7 Å². The van der Waals surface area contributed by atoms with Crippen molar-refractivity contribution in [3.05, 3.63) is 24.2 Å². The first-order chi connectivity index (χ1) is 12.0. The molecule has 0 spiro atoms. The van der Waals surface area contributed by atoms with Crippen LogP contribution >= 0.6 is 0 Å². The zero-order chi connectivity index (χ0) is 18.0. The first kappa shape index (κ1) is 17.5. The fourth-order valence-corrected chi connectivity index (χ4v) is 3.56. The van der Waals surface area contributed by atoms with Gasteiger partial charge in [-0.2, -0.15) is 0 Å². The van der Waals surface area contributed by atoms with Crippen LogP contribution in [0.4, 0.5) is 0 Å². The monoisotopic (exact) mass is 348 g/mol. The quantitative estimate of drug-likeness (QED) is 0.686.